The molecule has 0 bridgehead atoms. The summed E-state index contributed by atoms with van der Waals surface area (Å²) < 4.78 is 2.54. The van der Waals surface area contributed by atoms with E-state index in [4.69, 9.17) is 0 Å². The molecule has 3 aromatic heterocycles. The molecule has 128 valence electrons. The van der Waals surface area contributed by atoms with E-state index >= 15 is 0 Å². The molecule has 25 heavy (non-hydrogen) atoms. The topological polar surface area (TPSA) is 88.3 Å². The van der Waals surface area contributed by atoms with Gasteiger partial charge >= 0.3 is 0 Å². The number of amides is 1. The first-order valence-corrected chi connectivity index (χ1v) is 8.83. The molecule has 1 N–H and O–H groups in total. The van der Waals surface area contributed by atoms with Gasteiger partial charge in [0.2, 0.25) is 17.8 Å². The molecule has 0 atom stereocenters. The normalized spacial score (nSPS) is 15.5. The summed E-state index contributed by atoms with van der Waals surface area (Å²) in [6, 6.07) is 5.52. The largest absolute Gasteiger partial charge is 0.341 e. The number of hydrogen-bond donors (Lipinski definition) is 1. The molecule has 0 radical (unpaired) electrons. The summed E-state index contributed by atoms with van der Waals surface area (Å²) >= 11 is 3.39. The van der Waals surface area contributed by atoms with Gasteiger partial charge in [0.25, 0.3) is 0 Å². The van der Waals surface area contributed by atoms with Gasteiger partial charge in [-0.2, -0.15) is 4.98 Å². The fourth-order valence-electron chi connectivity index (χ4n) is 2.92. The van der Waals surface area contributed by atoms with Crippen molar-refractivity contribution in [3.8, 4) is 0 Å². The van der Waals surface area contributed by atoms with Gasteiger partial charge in [-0.15, -0.1) is 5.10 Å². The molecular formula is C16H16BrN7O. The van der Waals surface area contributed by atoms with Crippen LogP contribution in [0, 0.1) is 5.92 Å². The molecular weight excluding hydrogens is 386 g/mol. The standard InChI is InChI=1S/C16H16BrN7O/c17-12-2-3-13-20-15(22-24(13)10-12)21-14(25)11-4-8-23(9-5-11)16-18-6-1-7-19-16/h1-3,6-7,10-11H,4-5,8-9H2,(H,21,22,25). The first-order chi connectivity index (χ1) is 12.2. The van der Waals surface area contributed by atoms with Crippen LogP contribution in [0.25, 0.3) is 5.65 Å². The first kappa shape index (κ1) is 15.9. The Morgan fingerprint density at radius 2 is 1.96 bits per heavy atom. The van der Waals surface area contributed by atoms with E-state index in [9.17, 15) is 4.79 Å². The van der Waals surface area contributed by atoms with Crippen molar-refractivity contribution < 1.29 is 4.79 Å². The Labute approximate surface area is 152 Å². The van der Waals surface area contributed by atoms with Gasteiger partial charge in [0.15, 0.2) is 5.65 Å². The number of pyridine rings is 1. The smallest absolute Gasteiger partial charge is 0.249 e. The number of fused-ring (bicyclic) bond motifs is 1. The lowest BCUT2D eigenvalue weighted by atomic mass is 9.96. The Balaban J connectivity index is 1.38. The van der Waals surface area contributed by atoms with Crippen molar-refractivity contribution in [3.05, 3.63) is 41.3 Å². The van der Waals surface area contributed by atoms with Crippen LogP contribution in [0.3, 0.4) is 0 Å². The van der Waals surface area contributed by atoms with Gasteiger partial charge in [0.1, 0.15) is 0 Å². The molecule has 0 unspecified atom stereocenters. The lowest BCUT2D eigenvalue weighted by Gasteiger charge is -2.30. The maximum atomic E-state index is 12.5. The second kappa shape index (κ2) is 6.75. The molecule has 1 saturated heterocycles. The molecule has 8 nitrogen and oxygen atoms in total. The van der Waals surface area contributed by atoms with Crippen LogP contribution in [0.4, 0.5) is 11.9 Å². The number of halogens is 1. The monoisotopic (exact) mass is 401 g/mol. The van der Waals surface area contributed by atoms with Crippen LogP contribution in [-0.4, -0.2) is 43.6 Å². The van der Waals surface area contributed by atoms with E-state index in [1.165, 1.54) is 0 Å². The quantitative estimate of drug-likeness (QED) is 0.722. The average Bonchev–Trinajstić information content (AvgIpc) is 3.04. The van der Waals surface area contributed by atoms with Crippen molar-refractivity contribution in [2.45, 2.75) is 12.8 Å². The van der Waals surface area contributed by atoms with Crippen molar-refractivity contribution >= 4 is 39.4 Å². The van der Waals surface area contributed by atoms with E-state index in [-0.39, 0.29) is 11.8 Å². The second-order valence-corrected chi connectivity index (χ2v) is 6.80. The lowest BCUT2D eigenvalue weighted by Crippen LogP contribution is -2.39. The van der Waals surface area contributed by atoms with Gasteiger partial charge in [-0.1, -0.05) is 0 Å². The molecule has 1 amide bonds. The number of nitrogens with one attached hydrogen (secondary N) is 1. The van der Waals surface area contributed by atoms with Crippen LogP contribution in [0.1, 0.15) is 12.8 Å². The number of piperidine rings is 1. The minimum atomic E-state index is -0.0571. The zero-order chi connectivity index (χ0) is 17.2. The molecule has 0 saturated carbocycles. The van der Waals surface area contributed by atoms with Crippen molar-refractivity contribution in [1.29, 1.82) is 0 Å². The number of aromatic nitrogens is 5. The Bertz CT molecular complexity index is 890. The predicted molar refractivity (Wildman–Crippen MR) is 96.3 cm³/mol. The fraction of sp³-hybridized carbons (Fsp3) is 0.312. The SMILES string of the molecule is O=C(Nc1nc2ccc(Br)cn2n1)C1CCN(c2ncccn2)CC1. The highest BCUT2D eigenvalue weighted by Gasteiger charge is 2.26. The summed E-state index contributed by atoms with van der Waals surface area (Å²) in [5.41, 5.74) is 0.689. The van der Waals surface area contributed by atoms with Crippen LogP contribution in [0.5, 0.6) is 0 Å². The van der Waals surface area contributed by atoms with Gasteiger partial charge in [-0.05, 0) is 47.0 Å². The first-order valence-electron chi connectivity index (χ1n) is 8.04. The molecule has 3 aromatic rings. The van der Waals surface area contributed by atoms with E-state index in [2.05, 4.69) is 46.2 Å². The van der Waals surface area contributed by atoms with Crippen molar-refractivity contribution in [3.63, 3.8) is 0 Å². The van der Waals surface area contributed by atoms with Crippen LogP contribution in [0.2, 0.25) is 0 Å². The molecule has 9 heteroatoms. The van der Waals surface area contributed by atoms with Crippen molar-refractivity contribution in [2.24, 2.45) is 5.92 Å². The van der Waals surface area contributed by atoms with Crippen LogP contribution in [-0.2, 0) is 4.79 Å². The number of hydrogen-bond acceptors (Lipinski definition) is 6. The minimum absolute atomic E-state index is 0.0383. The number of carbonyl (C=O) groups excluding carboxylic acids is 1. The summed E-state index contributed by atoms with van der Waals surface area (Å²) in [5, 5.41) is 7.11. The zero-order valence-electron chi connectivity index (χ0n) is 13.3. The Kier molecular flexibility index (Phi) is 4.31. The van der Waals surface area contributed by atoms with Gasteiger partial charge < -0.3 is 4.90 Å². The maximum absolute atomic E-state index is 12.5. The summed E-state index contributed by atoms with van der Waals surface area (Å²) in [5.74, 6) is 0.952. The molecule has 1 fully saturated rings. The Morgan fingerprint density at radius 1 is 1.20 bits per heavy atom. The summed E-state index contributed by atoms with van der Waals surface area (Å²) in [6.07, 6.45) is 6.77. The van der Waals surface area contributed by atoms with E-state index < -0.39 is 0 Å². The average molecular weight is 402 g/mol. The Hall–Kier alpha value is -2.55. The molecule has 0 aromatic carbocycles. The molecule has 1 aliphatic rings. The van der Waals surface area contributed by atoms with Crippen molar-refractivity contribution in [1.82, 2.24) is 24.6 Å². The third kappa shape index (κ3) is 3.46. The molecule has 1 aliphatic heterocycles. The zero-order valence-corrected chi connectivity index (χ0v) is 14.9. The van der Waals surface area contributed by atoms with Gasteiger partial charge in [0.05, 0.1) is 0 Å². The van der Waals surface area contributed by atoms with E-state index in [0.29, 0.717) is 17.5 Å². The third-order valence-corrected chi connectivity index (χ3v) is 4.70. The molecule has 4 rings (SSSR count). The predicted octanol–water partition coefficient (Wildman–Crippen LogP) is 2.14. The summed E-state index contributed by atoms with van der Waals surface area (Å²) in [7, 11) is 0. The number of anilines is 2. The highest BCUT2D eigenvalue weighted by Crippen LogP contribution is 2.21. The summed E-state index contributed by atoms with van der Waals surface area (Å²) in [6.45, 7) is 1.52. The maximum Gasteiger partial charge on any atom is 0.249 e. The molecule has 4 heterocycles. The lowest BCUT2D eigenvalue weighted by molar-refractivity contribution is -0.120. The Morgan fingerprint density at radius 3 is 2.72 bits per heavy atom. The van der Waals surface area contributed by atoms with Crippen LogP contribution >= 0.6 is 15.9 Å². The second-order valence-electron chi connectivity index (χ2n) is 5.88. The highest BCUT2D eigenvalue weighted by atomic mass is 79.9. The molecule has 0 aliphatic carbocycles. The van der Waals surface area contributed by atoms with E-state index in [1.54, 1.807) is 29.2 Å². The number of carbonyl (C=O) groups is 1. The summed E-state index contributed by atoms with van der Waals surface area (Å²) in [4.78, 5) is 27.4. The van der Waals surface area contributed by atoms with Crippen LogP contribution in [0.15, 0.2) is 41.3 Å². The van der Waals surface area contributed by atoms with Gasteiger partial charge in [-0.3, -0.25) is 10.1 Å². The molecule has 0 spiro atoms. The van der Waals surface area contributed by atoms with Gasteiger partial charge in [0, 0.05) is 42.1 Å². The van der Waals surface area contributed by atoms with Crippen LogP contribution < -0.4 is 10.2 Å². The fourth-order valence-corrected chi connectivity index (χ4v) is 3.25. The third-order valence-electron chi connectivity index (χ3n) is 4.23. The number of nitrogens with zero attached hydrogens (tertiary/aromatic N) is 6. The van der Waals surface area contributed by atoms with Gasteiger partial charge in [-0.25, -0.2) is 14.5 Å². The van der Waals surface area contributed by atoms with Crippen molar-refractivity contribution in [2.75, 3.05) is 23.3 Å². The van der Waals surface area contributed by atoms with E-state index in [0.717, 1.165) is 30.4 Å². The highest BCUT2D eigenvalue weighted by molar-refractivity contribution is 9.10. The van der Waals surface area contributed by atoms with E-state index in [1.807, 2.05) is 12.1 Å². The minimum Gasteiger partial charge on any atom is -0.341 e. The number of rotatable bonds is 3.